The Morgan fingerprint density at radius 2 is 2.05 bits per heavy atom. The fourth-order valence-corrected chi connectivity index (χ4v) is 3.14. The minimum Gasteiger partial charge on any atom is -0.338 e. The van der Waals surface area contributed by atoms with Crippen LogP contribution in [0.1, 0.15) is 28.8 Å². The fraction of sp³-hybridized carbons (Fsp3) is 0.500. The van der Waals surface area contributed by atoms with Crippen molar-refractivity contribution in [1.29, 1.82) is 0 Å². The summed E-state index contributed by atoms with van der Waals surface area (Å²) in [5, 5.41) is 0.846. The third-order valence-electron chi connectivity index (χ3n) is 3.55. The van der Waals surface area contributed by atoms with Gasteiger partial charge in [0.15, 0.2) is 0 Å². The Labute approximate surface area is 124 Å². The largest absolute Gasteiger partial charge is 0.417 e. The zero-order valence-electron chi connectivity index (χ0n) is 10.8. The Hall–Kier alpha value is -1.04. The Balaban J connectivity index is 2.19. The van der Waals surface area contributed by atoms with E-state index in [1.165, 1.54) is 23.1 Å². The van der Waals surface area contributed by atoms with Crippen molar-refractivity contribution in [3.05, 3.63) is 35.4 Å². The van der Waals surface area contributed by atoms with E-state index in [2.05, 4.69) is 15.9 Å². The summed E-state index contributed by atoms with van der Waals surface area (Å²) in [5.41, 5.74) is -1.10. The first-order valence-corrected chi connectivity index (χ1v) is 7.57. The molecule has 2 rings (SSSR count). The number of carbonyl (C=O) groups is 1. The van der Waals surface area contributed by atoms with Gasteiger partial charge < -0.3 is 4.90 Å². The minimum absolute atomic E-state index is 0.250. The minimum atomic E-state index is -4.50. The molecule has 0 aromatic heterocycles. The van der Waals surface area contributed by atoms with Gasteiger partial charge in [0.05, 0.1) is 11.1 Å². The van der Waals surface area contributed by atoms with E-state index in [1.807, 2.05) is 0 Å². The Morgan fingerprint density at radius 3 is 2.70 bits per heavy atom. The third-order valence-corrected chi connectivity index (χ3v) is 4.01. The second-order valence-electron chi connectivity index (χ2n) is 4.93. The molecular weight excluding hydrogens is 335 g/mol. The van der Waals surface area contributed by atoms with E-state index >= 15 is 0 Å². The number of amides is 1. The quantitative estimate of drug-likeness (QED) is 0.756. The highest BCUT2D eigenvalue weighted by Gasteiger charge is 2.37. The molecule has 1 amide bonds. The highest BCUT2D eigenvalue weighted by molar-refractivity contribution is 9.09. The zero-order valence-corrected chi connectivity index (χ0v) is 12.4. The van der Waals surface area contributed by atoms with Gasteiger partial charge in [-0.25, -0.2) is 0 Å². The molecule has 0 N–H and O–H groups in total. The van der Waals surface area contributed by atoms with E-state index in [4.69, 9.17) is 0 Å². The number of nitrogens with zero attached hydrogens (tertiary/aromatic N) is 1. The van der Waals surface area contributed by atoms with Gasteiger partial charge in [-0.3, -0.25) is 4.79 Å². The molecule has 1 aromatic rings. The normalized spacial score (nSPS) is 19.4. The maximum Gasteiger partial charge on any atom is 0.417 e. The van der Waals surface area contributed by atoms with Gasteiger partial charge in [0, 0.05) is 18.4 Å². The summed E-state index contributed by atoms with van der Waals surface area (Å²) in [6.07, 6.45) is -2.71. The van der Waals surface area contributed by atoms with Crippen LogP contribution in [0.15, 0.2) is 24.3 Å². The molecule has 2 nitrogen and oxygen atoms in total. The molecular formula is C14H15BrF3NO. The molecule has 1 atom stereocenters. The van der Waals surface area contributed by atoms with Crippen molar-refractivity contribution in [2.45, 2.75) is 19.0 Å². The van der Waals surface area contributed by atoms with Gasteiger partial charge in [-0.1, -0.05) is 28.1 Å². The molecule has 0 spiro atoms. The first-order valence-electron chi connectivity index (χ1n) is 6.45. The van der Waals surface area contributed by atoms with E-state index in [0.29, 0.717) is 19.0 Å². The molecule has 1 unspecified atom stereocenters. The Bertz CT molecular complexity index is 490. The van der Waals surface area contributed by atoms with Crippen molar-refractivity contribution >= 4 is 21.8 Å². The van der Waals surface area contributed by atoms with E-state index < -0.39 is 17.6 Å². The predicted molar refractivity (Wildman–Crippen MR) is 73.9 cm³/mol. The number of alkyl halides is 4. The summed E-state index contributed by atoms with van der Waals surface area (Å²) < 4.78 is 38.7. The lowest BCUT2D eigenvalue weighted by atomic mass is 10.1. The van der Waals surface area contributed by atoms with Crippen LogP contribution in [0.5, 0.6) is 0 Å². The molecule has 0 aliphatic carbocycles. The van der Waals surface area contributed by atoms with Crippen LogP contribution in [0.3, 0.4) is 0 Å². The molecule has 0 saturated carbocycles. The van der Waals surface area contributed by atoms with Gasteiger partial charge >= 0.3 is 6.18 Å². The summed E-state index contributed by atoms with van der Waals surface area (Å²) >= 11 is 3.35. The highest BCUT2D eigenvalue weighted by Crippen LogP contribution is 2.33. The van der Waals surface area contributed by atoms with Crippen molar-refractivity contribution in [2.24, 2.45) is 5.92 Å². The molecule has 6 heteroatoms. The molecule has 1 aliphatic rings. The molecule has 1 aromatic carbocycles. The number of benzene rings is 1. The van der Waals surface area contributed by atoms with Crippen molar-refractivity contribution < 1.29 is 18.0 Å². The maximum absolute atomic E-state index is 12.9. The molecule has 1 aliphatic heterocycles. The average Bonchev–Trinajstić information content (AvgIpc) is 2.86. The van der Waals surface area contributed by atoms with Crippen LogP contribution < -0.4 is 0 Å². The van der Waals surface area contributed by atoms with Crippen molar-refractivity contribution in [3.63, 3.8) is 0 Å². The van der Waals surface area contributed by atoms with Gasteiger partial charge in [-0.05, 0) is 30.9 Å². The lowest BCUT2D eigenvalue weighted by molar-refractivity contribution is -0.138. The van der Waals surface area contributed by atoms with Gasteiger partial charge in [-0.2, -0.15) is 13.2 Å². The molecule has 1 fully saturated rings. The second-order valence-corrected chi connectivity index (χ2v) is 5.72. The Morgan fingerprint density at radius 1 is 1.35 bits per heavy atom. The van der Waals surface area contributed by atoms with Crippen LogP contribution in [-0.4, -0.2) is 29.2 Å². The van der Waals surface area contributed by atoms with E-state index in [-0.39, 0.29) is 5.56 Å². The van der Waals surface area contributed by atoms with Crippen molar-refractivity contribution in [1.82, 2.24) is 4.90 Å². The summed E-state index contributed by atoms with van der Waals surface area (Å²) in [6.45, 7) is 1.07. The number of hydrogen-bond donors (Lipinski definition) is 0. The third kappa shape index (κ3) is 3.34. The first-order chi connectivity index (χ1) is 9.43. The smallest absolute Gasteiger partial charge is 0.338 e. The van der Waals surface area contributed by atoms with Gasteiger partial charge in [0.1, 0.15) is 0 Å². The fourth-order valence-electron chi connectivity index (χ4n) is 2.49. The van der Waals surface area contributed by atoms with Crippen LogP contribution in [0, 0.1) is 5.92 Å². The summed E-state index contributed by atoms with van der Waals surface area (Å²) in [7, 11) is 0. The van der Waals surface area contributed by atoms with Crippen LogP contribution in [0.25, 0.3) is 0 Å². The first kappa shape index (κ1) is 15.4. The average molecular weight is 350 g/mol. The molecule has 110 valence electrons. The Kier molecular flexibility index (Phi) is 4.73. The van der Waals surface area contributed by atoms with Crippen LogP contribution in [-0.2, 0) is 6.18 Å². The molecule has 0 bridgehead atoms. The predicted octanol–water partition coefficient (Wildman–Crippen LogP) is 3.95. The SMILES string of the molecule is O=C(c1ccccc1C(F)(F)F)N1CCC(CCBr)C1. The monoisotopic (exact) mass is 349 g/mol. The van der Waals surface area contributed by atoms with Crippen LogP contribution in [0.2, 0.25) is 0 Å². The van der Waals surface area contributed by atoms with E-state index in [1.54, 1.807) is 0 Å². The van der Waals surface area contributed by atoms with Crippen molar-refractivity contribution in [2.75, 3.05) is 18.4 Å². The number of hydrogen-bond acceptors (Lipinski definition) is 1. The van der Waals surface area contributed by atoms with E-state index in [0.717, 1.165) is 24.2 Å². The van der Waals surface area contributed by atoms with Gasteiger partial charge in [0.25, 0.3) is 5.91 Å². The molecule has 1 heterocycles. The summed E-state index contributed by atoms with van der Waals surface area (Å²) in [4.78, 5) is 13.8. The molecule has 1 saturated heterocycles. The lowest BCUT2D eigenvalue weighted by Crippen LogP contribution is -2.30. The topological polar surface area (TPSA) is 20.3 Å². The number of carbonyl (C=O) groups excluding carboxylic acids is 1. The number of rotatable bonds is 3. The number of likely N-dealkylation sites (tertiary alicyclic amines) is 1. The van der Waals surface area contributed by atoms with Gasteiger partial charge in [0.2, 0.25) is 0 Å². The maximum atomic E-state index is 12.9. The zero-order chi connectivity index (χ0) is 14.8. The number of halogens is 4. The van der Waals surface area contributed by atoms with Crippen LogP contribution in [0.4, 0.5) is 13.2 Å². The standard InChI is InChI=1S/C14H15BrF3NO/c15-7-5-10-6-8-19(9-10)13(20)11-3-1-2-4-12(11)14(16,17)18/h1-4,10H,5-9H2. The molecule has 20 heavy (non-hydrogen) atoms. The lowest BCUT2D eigenvalue weighted by Gasteiger charge is -2.19. The summed E-state index contributed by atoms with van der Waals surface area (Å²) in [6, 6.07) is 4.98. The van der Waals surface area contributed by atoms with Gasteiger partial charge in [-0.15, -0.1) is 0 Å². The van der Waals surface area contributed by atoms with Crippen molar-refractivity contribution in [3.8, 4) is 0 Å². The van der Waals surface area contributed by atoms with E-state index in [9.17, 15) is 18.0 Å². The highest BCUT2D eigenvalue weighted by atomic mass is 79.9. The molecule has 0 radical (unpaired) electrons. The second kappa shape index (κ2) is 6.16. The summed E-state index contributed by atoms with van der Waals surface area (Å²) in [5.74, 6) is -0.147. The van der Waals surface area contributed by atoms with Crippen LogP contribution >= 0.6 is 15.9 Å².